The van der Waals surface area contributed by atoms with Crippen LogP contribution < -0.4 is 10.6 Å². The molecule has 30 heavy (non-hydrogen) atoms. The Morgan fingerprint density at radius 1 is 1.17 bits per heavy atom. The van der Waals surface area contributed by atoms with Crippen LogP contribution in [0.3, 0.4) is 0 Å². The highest BCUT2D eigenvalue weighted by Gasteiger charge is 2.25. The van der Waals surface area contributed by atoms with Gasteiger partial charge >= 0.3 is 0 Å². The molecule has 0 radical (unpaired) electrons. The SMILES string of the molecule is CN=C(NCc1cccc(-n2cccn2)c1)NCC(c1ccco1)N1CCCC1.I. The van der Waals surface area contributed by atoms with Crippen LogP contribution in [0.25, 0.3) is 5.69 Å². The second kappa shape index (κ2) is 11.2. The topological polar surface area (TPSA) is 70.6 Å². The number of benzene rings is 1. The number of furan rings is 1. The van der Waals surface area contributed by atoms with Crippen molar-refractivity contribution in [3.8, 4) is 5.69 Å². The Kier molecular flexibility index (Phi) is 8.32. The summed E-state index contributed by atoms with van der Waals surface area (Å²) in [6.45, 7) is 3.66. The number of halogens is 1. The van der Waals surface area contributed by atoms with E-state index < -0.39 is 0 Å². The van der Waals surface area contributed by atoms with Crippen molar-refractivity contribution >= 4 is 29.9 Å². The largest absolute Gasteiger partial charge is 0.468 e. The normalized spacial score (nSPS) is 15.6. The standard InChI is InChI=1S/C22H28N6O.HI/c1-23-22(24-16-18-7-4-8-19(15-18)28-13-6-10-26-28)25-17-20(21-9-5-14-29-21)27-11-2-3-12-27;/h4-10,13-15,20H,2-3,11-12,16-17H2,1H3,(H2,23,24,25);1H. The molecule has 1 aromatic carbocycles. The molecule has 1 saturated heterocycles. The minimum atomic E-state index is 0. The third-order valence-corrected chi connectivity index (χ3v) is 5.28. The zero-order valence-corrected chi connectivity index (χ0v) is 19.5. The van der Waals surface area contributed by atoms with Gasteiger partial charge in [-0.25, -0.2) is 4.68 Å². The first-order valence-electron chi connectivity index (χ1n) is 10.1. The minimum Gasteiger partial charge on any atom is -0.468 e. The molecule has 0 aliphatic carbocycles. The number of nitrogens with one attached hydrogen (secondary N) is 2. The molecule has 4 rings (SSSR count). The molecular weight excluding hydrogens is 491 g/mol. The van der Waals surface area contributed by atoms with E-state index in [4.69, 9.17) is 4.42 Å². The molecule has 0 spiro atoms. The van der Waals surface area contributed by atoms with E-state index in [1.165, 1.54) is 18.4 Å². The molecule has 2 aromatic heterocycles. The molecule has 1 unspecified atom stereocenters. The molecule has 0 bridgehead atoms. The Labute approximate surface area is 194 Å². The van der Waals surface area contributed by atoms with Gasteiger partial charge in [0.15, 0.2) is 5.96 Å². The molecule has 1 atom stereocenters. The van der Waals surface area contributed by atoms with Crippen molar-refractivity contribution in [2.75, 3.05) is 26.7 Å². The molecule has 1 fully saturated rings. The summed E-state index contributed by atoms with van der Waals surface area (Å²) < 4.78 is 7.56. The summed E-state index contributed by atoms with van der Waals surface area (Å²) in [7, 11) is 1.80. The minimum absolute atomic E-state index is 0. The van der Waals surface area contributed by atoms with Crippen molar-refractivity contribution in [3.05, 3.63) is 72.4 Å². The van der Waals surface area contributed by atoms with Crippen LogP contribution in [0.1, 0.15) is 30.2 Å². The molecule has 1 aliphatic heterocycles. The van der Waals surface area contributed by atoms with Crippen molar-refractivity contribution in [3.63, 3.8) is 0 Å². The van der Waals surface area contributed by atoms with Gasteiger partial charge < -0.3 is 15.1 Å². The van der Waals surface area contributed by atoms with Gasteiger partial charge in [-0.3, -0.25) is 9.89 Å². The summed E-state index contributed by atoms with van der Waals surface area (Å²) in [6.07, 6.45) is 7.97. The van der Waals surface area contributed by atoms with E-state index in [-0.39, 0.29) is 30.0 Å². The highest BCUT2D eigenvalue weighted by molar-refractivity contribution is 14.0. The maximum atomic E-state index is 5.70. The quantitative estimate of drug-likeness (QED) is 0.283. The number of guanidine groups is 1. The monoisotopic (exact) mass is 520 g/mol. The van der Waals surface area contributed by atoms with Crippen LogP contribution in [0, 0.1) is 0 Å². The lowest BCUT2D eigenvalue weighted by Gasteiger charge is -2.26. The van der Waals surface area contributed by atoms with Gasteiger partial charge in [0, 0.05) is 32.5 Å². The number of hydrogen-bond acceptors (Lipinski definition) is 4. The third-order valence-electron chi connectivity index (χ3n) is 5.28. The summed E-state index contributed by atoms with van der Waals surface area (Å²) >= 11 is 0. The van der Waals surface area contributed by atoms with Gasteiger partial charge in [0.2, 0.25) is 0 Å². The third kappa shape index (κ3) is 5.63. The Bertz CT molecular complexity index is 904. The second-order valence-electron chi connectivity index (χ2n) is 7.20. The first kappa shape index (κ1) is 22.4. The number of hydrogen-bond donors (Lipinski definition) is 2. The molecule has 2 N–H and O–H groups in total. The van der Waals surface area contributed by atoms with Crippen molar-refractivity contribution in [1.82, 2.24) is 25.3 Å². The van der Waals surface area contributed by atoms with E-state index in [1.807, 2.05) is 35.1 Å². The molecule has 7 nitrogen and oxygen atoms in total. The van der Waals surface area contributed by atoms with E-state index in [9.17, 15) is 0 Å². The maximum Gasteiger partial charge on any atom is 0.191 e. The lowest BCUT2D eigenvalue weighted by Crippen LogP contribution is -2.42. The highest BCUT2D eigenvalue weighted by Crippen LogP contribution is 2.24. The fourth-order valence-corrected chi connectivity index (χ4v) is 3.77. The lowest BCUT2D eigenvalue weighted by atomic mass is 10.2. The molecule has 0 amide bonds. The Balaban J connectivity index is 0.00000256. The highest BCUT2D eigenvalue weighted by atomic mass is 127. The smallest absolute Gasteiger partial charge is 0.191 e. The van der Waals surface area contributed by atoms with Gasteiger partial charge in [0.1, 0.15) is 5.76 Å². The summed E-state index contributed by atoms with van der Waals surface area (Å²) in [5, 5.41) is 11.2. The van der Waals surface area contributed by atoms with Crippen LogP contribution in [-0.2, 0) is 6.54 Å². The number of aliphatic imine (C=N–C) groups is 1. The first-order valence-corrected chi connectivity index (χ1v) is 10.1. The van der Waals surface area contributed by atoms with E-state index in [0.717, 1.165) is 37.0 Å². The molecule has 1 aliphatic rings. The van der Waals surface area contributed by atoms with Gasteiger partial charge in [-0.2, -0.15) is 5.10 Å². The Morgan fingerprint density at radius 3 is 2.73 bits per heavy atom. The average molecular weight is 520 g/mol. The van der Waals surface area contributed by atoms with Crippen molar-refractivity contribution in [1.29, 1.82) is 0 Å². The van der Waals surface area contributed by atoms with Gasteiger partial charge in [-0.05, 0) is 61.8 Å². The summed E-state index contributed by atoms with van der Waals surface area (Å²) in [4.78, 5) is 6.86. The summed E-state index contributed by atoms with van der Waals surface area (Å²) in [5.41, 5.74) is 2.22. The van der Waals surface area contributed by atoms with E-state index in [2.05, 4.69) is 43.8 Å². The van der Waals surface area contributed by atoms with Crippen LogP contribution in [0.4, 0.5) is 0 Å². The molecule has 3 heterocycles. The molecule has 3 aromatic rings. The van der Waals surface area contributed by atoms with E-state index >= 15 is 0 Å². The molecule has 0 saturated carbocycles. The average Bonchev–Trinajstić information content (AvgIpc) is 3.54. The second-order valence-corrected chi connectivity index (χ2v) is 7.20. The number of aromatic nitrogens is 2. The fraction of sp³-hybridized carbons (Fsp3) is 0.364. The Hall–Kier alpha value is -2.33. The Morgan fingerprint density at radius 2 is 2.03 bits per heavy atom. The zero-order valence-electron chi connectivity index (χ0n) is 17.2. The zero-order chi connectivity index (χ0) is 19.9. The molecular formula is C22H29IN6O. The van der Waals surface area contributed by atoms with Gasteiger partial charge in [0.05, 0.1) is 18.0 Å². The van der Waals surface area contributed by atoms with Crippen molar-refractivity contribution < 1.29 is 4.42 Å². The van der Waals surface area contributed by atoms with Crippen LogP contribution in [0.5, 0.6) is 0 Å². The number of rotatable bonds is 7. The fourth-order valence-electron chi connectivity index (χ4n) is 3.77. The number of nitrogens with zero attached hydrogens (tertiary/aromatic N) is 4. The summed E-state index contributed by atoms with van der Waals surface area (Å²) in [6, 6.07) is 14.5. The number of likely N-dealkylation sites (tertiary alicyclic amines) is 1. The predicted octanol–water partition coefficient (Wildman–Crippen LogP) is 3.59. The first-order chi connectivity index (χ1) is 14.3. The van der Waals surface area contributed by atoms with Crippen LogP contribution in [0.2, 0.25) is 0 Å². The van der Waals surface area contributed by atoms with Crippen LogP contribution >= 0.6 is 24.0 Å². The van der Waals surface area contributed by atoms with Crippen molar-refractivity contribution in [2.24, 2.45) is 4.99 Å². The van der Waals surface area contributed by atoms with Gasteiger partial charge in [0.25, 0.3) is 0 Å². The maximum absolute atomic E-state index is 5.70. The lowest BCUT2D eigenvalue weighted by molar-refractivity contribution is 0.215. The van der Waals surface area contributed by atoms with Crippen LogP contribution in [0.15, 0.2) is 70.5 Å². The predicted molar refractivity (Wildman–Crippen MR) is 129 cm³/mol. The van der Waals surface area contributed by atoms with E-state index in [1.54, 1.807) is 19.5 Å². The molecule has 8 heteroatoms. The van der Waals surface area contributed by atoms with Crippen LogP contribution in [-0.4, -0.2) is 47.3 Å². The van der Waals surface area contributed by atoms with Gasteiger partial charge in [-0.15, -0.1) is 24.0 Å². The van der Waals surface area contributed by atoms with Crippen molar-refractivity contribution in [2.45, 2.75) is 25.4 Å². The van der Waals surface area contributed by atoms with E-state index in [0.29, 0.717) is 6.54 Å². The van der Waals surface area contributed by atoms with Gasteiger partial charge in [-0.1, -0.05) is 12.1 Å². The summed E-state index contributed by atoms with van der Waals surface area (Å²) in [5.74, 6) is 1.78. The molecule has 160 valence electrons.